The van der Waals surface area contributed by atoms with Gasteiger partial charge in [-0.1, -0.05) is 0 Å². The van der Waals surface area contributed by atoms with Gasteiger partial charge in [-0.15, -0.1) is 0 Å². The van der Waals surface area contributed by atoms with Gasteiger partial charge in [-0.2, -0.15) is 13.2 Å². The molecular weight excluding hydrogens is 316 g/mol. The van der Waals surface area contributed by atoms with Gasteiger partial charge in [0.2, 0.25) is 0 Å². The van der Waals surface area contributed by atoms with E-state index in [2.05, 4.69) is 10.3 Å². The molecule has 0 fully saturated rings. The molecule has 23 heavy (non-hydrogen) atoms. The van der Waals surface area contributed by atoms with Crippen molar-refractivity contribution in [2.24, 2.45) is 0 Å². The Morgan fingerprint density at radius 3 is 2.57 bits per heavy atom. The molecule has 0 bridgehead atoms. The van der Waals surface area contributed by atoms with Gasteiger partial charge in [-0.3, -0.25) is 4.79 Å². The SMILES string of the molecule is O=CCC1(C(F)(F)F)c2cc(F)ccc2Nc2c1cc[nH]c2=O. The Labute approximate surface area is 127 Å². The molecule has 0 aliphatic carbocycles. The van der Waals surface area contributed by atoms with Crippen molar-refractivity contribution in [3.63, 3.8) is 0 Å². The molecule has 0 radical (unpaired) electrons. The van der Waals surface area contributed by atoms with E-state index >= 15 is 0 Å². The highest BCUT2D eigenvalue weighted by Crippen LogP contribution is 2.54. The number of aldehydes is 1. The molecule has 1 aliphatic heterocycles. The van der Waals surface area contributed by atoms with Crippen molar-refractivity contribution in [3.8, 4) is 0 Å². The maximum atomic E-state index is 14.0. The molecule has 0 amide bonds. The zero-order chi connectivity index (χ0) is 16.8. The molecule has 1 unspecified atom stereocenters. The van der Waals surface area contributed by atoms with Gasteiger partial charge in [0.15, 0.2) is 0 Å². The molecule has 1 aromatic carbocycles. The quantitative estimate of drug-likeness (QED) is 0.659. The number of aromatic amines is 1. The van der Waals surface area contributed by atoms with Crippen molar-refractivity contribution in [3.05, 3.63) is 57.8 Å². The van der Waals surface area contributed by atoms with Crippen LogP contribution in [0.2, 0.25) is 0 Å². The molecule has 1 aromatic heterocycles. The lowest BCUT2D eigenvalue weighted by Crippen LogP contribution is -2.47. The molecule has 1 atom stereocenters. The number of carbonyl (C=O) groups excluding carboxylic acids is 1. The largest absolute Gasteiger partial charge is 0.402 e. The lowest BCUT2D eigenvalue weighted by atomic mass is 9.69. The molecule has 1 aliphatic rings. The van der Waals surface area contributed by atoms with E-state index in [1.807, 2.05) is 0 Å². The van der Waals surface area contributed by atoms with Crippen LogP contribution in [0, 0.1) is 5.82 Å². The Hall–Kier alpha value is -2.64. The van der Waals surface area contributed by atoms with E-state index < -0.39 is 40.5 Å². The summed E-state index contributed by atoms with van der Waals surface area (Å²) in [6, 6.07) is 3.92. The summed E-state index contributed by atoms with van der Waals surface area (Å²) in [5.74, 6) is -0.863. The van der Waals surface area contributed by atoms with Gasteiger partial charge >= 0.3 is 6.18 Å². The molecule has 0 saturated heterocycles. The average Bonchev–Trinajstić information content (AvgIpc) is 2.47. The lowest BCUT2D eigenvalue weighted by Gasteiger charge is -2.40. The van der Waals surface area contributed by atoms with Gasteiger partial charge in [0.1, 0.15) is 23.2 Å². The number of carbonyl (C=O) groups is 1. The van der Waals surface area contributed by atoms with Crippen LogP contribution >= 0.6 is 0 Å². The predicted octanol–water partition coefficient (Wildman–Crippen LogP) is 3.01. The number of hydrogen-bond donors (Lipinski definition) is 2. The van der Waals surface area contributed by atoms with Crippen LogP contribution in [0.25, 0.3) is 0 Å². The number of fused-ring (bicyclic) bond motifs is 2. The zero-order valence-electron chi connectivity index (χ0n) is 11.5. The first-order valence-electron chi connectivity index (χ1n) is 6.61. The molecule has 8 heteroatoms. The summed E-state index contributed by atoms with van der Waals surface area (Å²) in [5, 5.41) is 2.59. The van der Waals surface area contributed by atoms with Crippen molar-refractivity contribution in [1.29, 1.82) is 0 Å². The second kappa shape index (κ2) is 4.94. The highest BCUT2D eigenvalue weighted by atomic mass is 19.4. The Bertz CT molecular complexity index is 844. The van der Waals surface area contributed by atoms with Crippen LogP contribution in [0.4, 0.5) is 28.9 Å². The first-order chi connectivity index (χ1) is 10.8. The van der Waals surface area contributed by atoms with Crippen LogP contribution in [0.5, 0.6) is 0 Å². The van der Waals surface area contributed by atoms with Crippen molar-refractivity contribution in [2.75, 3.05) is 5.32 Å². The minimum Gasteiger partial charge on any atom is -0.351 e. The van der Waals surface area contributed by atoms with E-state index in [4.69, 9.17) is 0 Å². The van der Waals surface area contributed by atoms with E-state index in [0.717, 1.165) is 30.5 Å². The summed E-state index contributed by atoms with van der Waals surface area (Å²) in [6.45, 7) is 0. The summed E-state index contributed by atoms with van der Waals surface area (Å²) in [6.07, 6.45) is -4.66. The number of anilines is 2. The van der Waals surface area contributed by atoms with E-state index in [0.29, 0.717) is 0 Å². The standard InChI is InChI=1S/C15H10F4N2O2/c16-8-1-2-11-10(7-8)14(4-6-22,15(17,18)19)9-3-5-20-13(23)12(9)21-11/h1-3,5-7,21H,4H2,(H,20,23). The van der Waals surface area contributed by atoms with E-state index in [-0.39, 0.29) is 17.7 Å². The van der Waals surface area contributed by atoms with Crippen LogP contribution in [-0.4, -0.2) is 17.4 Å². The van der Waals surface area contributed by atoms with Crippen LogP contribution < -0.4 is 10.9 Å². The second-order valence-electron chi connectivity index (χ2n) is 5.18. The fourth-order valence-electron chi connectivity index (χ4n) is 2.98. The van der Waals surface area contributed by atoms with E-state index in [9.17, 15) is 27.2 Å². The maximum Gasteiger partial charge on any atom is 0.402 e. The molecule has 3 rings (SSSR count). The number of rotatable bonds is 2. The molecule has 2 heterocycles. The minimum atomic E-state index is -4.90. The van der Waals surface area contributed by atoms with Gasteiger partial charge in [-0.25, -0.2) is 4.39 Å². The Morgan fingerprint density at radius 1 is 1.17 bits per heavy atom. The van der Waals surface area contributed by atoms with Crippen molar-refractivity contribution in [2.45, 2.75) is 18.0 Å². The second-order valence-corrected chi connectivity index (χ2v) is 5.18. The normalized spacial score (nSPS) is 19.5. The van der Waals surface area contributed by atoms with Crippen LogP contribution in [0.1, 0.15) is 17.5 Å². The fourth-order valence-corrected chi connectivity index (χ4v) is 2.98. The number of hydrogen-bond acceptors (Lipinski definition) is 3. The molecule has 2 N–H and O–H groups in total. The van der Waals surface area contributed by atoms with Crippen molar-refractivity contribution in [1.82, 2.24) is 4.98 Å². The third-order valence-electron chi connectivity index (χ3n) is 4.00. The van der Waals surface area contributed by atoms with Crippen molar-refractivity contribution < 1.29 is 22.4 Å². The first-order valence-corrected chi connectivity index (χ1v) is 6.61. The van der Waals surface area contributed by atoms with Crippen LogP contribution in [0.15, 0.2) is 35.3 Å². The van der Waals surface area contributed by atoms with Gasteiger partial charge in [0, 0.05) is 23.9 Å². The molecule has 0 spiro atoms. The third kappa shape index (κ3) is 2.05. The molecular formula is C15H10F4N2O2. The molecule has 4 nitrogen and oxygen atoms in total. The number of pyridine rings is 1. The Kier molecular flexibility index (Phi) is 3.28. The Morgan fingerprint density at radius 2 is 1.91 bits per heavy atom. The molecule has 0 saturated carbocycles. The topological polar surface area (TPSA) is 62.0 Å². The number of aromatic nitrogens is 1. The number of H-pyrrole nitrogens is 1. The minimum absolute atomic E-state index is 0.0604. The summed E-state index contributed by atoms with van der Waals surface area (Å²) < 4.78 is 55.5. The van der Waals surface area contributed by atoms with Gasteiger partial charge in [0.25, 0.3) is 5.56 Å². The Balaban J connectivity index is 2.46. The van der Waals surface area contributed by atoms with Gasteiger partial charge in [0.05, 0.1) is 0 Å². The number of alkyl halides is 3. The van der Waals surface area contributed by atoms with E-state index in [1.54, 1.807) is 0 Å². The lowest BCUT2D eigenvalue weighted by molar-refractivity contribution is -0.180. The van der Waals surface area contributed by atoms with Gasteiger partial charge in [-0.05, 0) is 29.8 Å². The summed E-state index contributed by atoms with van der Waals surface area (Å²) in [4.78, 5) is 25.2. The highest BCUT2D eigenvalue weighted by Gasteiger charge is 2.60. The summed E-state index contributed by atoms with van der Waals surface area (Å²) >= 11 is 0. The summed E-state index contributed by atoms with van der Waals surface area (Å²) in [7, 11) is 0. The molecule has 120 valence electrons. The highest BCUT2D eigenvalue weighted by molar-refractivity contribution is 5.78. The maximum absolute atomic E-state index is 14.0. The zero-order valence-corrected chi connectivity index (χ0v) is 11.5. The van der Waals surface area contributed by atoms with Crippen LogP contribution in [0.3, 0.4) is 0 Å². The predicted molar refractivity (Wildman–Crippen MR) is 74.3 cm³/mol. The fraction of sp³-hybridized carbons (Fsp3) is 0.200. The van der Waals surface area contributed by atoms with Crippen molar-refractivity contribution >= 4 is 17.7 Å². The number of halogens is 4. The van der Waals surface area contributed by atoms with Gasteiger partial charge < -0.3 is 15.1 Å². The first kappa shape index (κ1) is 15.3. The smallest absolute Gasteiger partial charge is 0.351 e. The molecule has 2 aromatic rings. The average molecular weight is 326 g/mol. The number of benzene rings is 1. The van der Waals surface area contributed by atoms with Crippen LogP contribution in [-0.2, 0) is 10.2 Å². The number of nitrogens with one attached hydrogen (secondary N) is 2. The monoisotopic (exact) mass is 326 g/mol. The third-order valence-corrected chi connectivity index (χ3v) is 4.00. The summed E-state index contributed by atoms with van der Waals surface area (Å²) in [5.41, 5.74) is -4.71. The van der Waals surface area contributed by atoms with E-state index in [1.165, 1.54) is 0 Å².